The summed E-state index contributed by atoms with van der Waals surface area (Å²) in [4.78, 5) is 11.6. The maximum Gasteiger partial charge on any atom is 0.361 e. The Morgan fingerprint density at radius 3 is 2.63 bits per heavy atom. The van der Waals surface area contributed by atoms with Gasteiger partial charge in [0, 0.05) is 0 Å². The summed E-state index contributed by atoms with van der Waals surface area (Å²) in [5, 5.41) is 4.13. The van der Waals surface area contributed by atoms with Crippen molar-refractivity contribution in [3.8, 4) is 11.4 Å². The Bertz CT molecular complexity index is 575. The Balaban J connectivity index is 2.30. The van der Waals surface area contributed by atoms with Gasteiger partial charge in [-0.3, -0.25) is 0 Å². The number of esters is 1. The largest absolute Gasteiger partial charge is 0.497 e. The van der Waals surface area contributed by atoms with Crippen molar-refractivity contribution in [2.75, 3.05) is 19.5 Å². The summed E-state index contributed by atoms with van der Waals surface area (Å²) in [6.07, 6.45) is 1.58. The monoisotopic (exact) mass is 261 g/mol. The number of nitrogen functional groups attached to an aromatic ring is 1. The predicted molar refractivity (Wildman–Crippen MR) is 70.5 cm³/mol. The summed E-state index contributed by atoms with van der Waals surface area (Å²) in [6, 6.07) is 7.24. The van der Waals surface area contributed by atoms with Gasteiger partial charge in [0.15, 0.2) is 5.69 Å². The van der Waals surface area contributed by atoms with Crippen molar-refractivity contribution in [2.24, 2.45) is 0 Å². The van der Waals surface area contributed by atoms with Crippen LogP contribution >= 0.6 is 0 Å². The van der Waals surface area contributed by atoms with Gasteiger partial charge in [-0.25, -0.2) is 9.48 Å². The second kappa shape index (κ2) is 5.43. The molecule has 0 atom stereocenters. The third-order valence-corrected chi connectivity index (χ3v) is 2.55. The molecule has 0 radical (unpaired) electrons. The Kier molecular flexibility index (Phi) is 3.70. The molecule has 19 heavy (non-hydrogen) atoms. The van der Waals surface area contributed by atoms with Crippen LogP contribution in [0.1, 0.15) is 17.4 Å². The molecule has 0 bridgehead atoms. The van der Waals surface area contributed by atoms with Gasteiger partial charge in [0.2, 0.25) is 0 Å². The zero-order valence-corrected chi connectivity index (χ0v) is 10.8. The van der Waals surface area contributed by atoms with E-state index in [4.69, 9.17) is 15.2 Å². The summed E-state index contributed by atoms with van der Waals surface area (Å²) in [5.41, 5.74) is 6.95. The van der Waals surface area contributed by atoms with E-state index in [9.17, 15) is 4.79 Å². The van der Waals surface area contributed by atoms with E-state index in [-0.39, 0.29) is 18.0 Å². The quantitative estimate of drug-likeness (QED) is 0.846. The predicted octanol–water partition coefficient (Wildman–Crippen LogP) is 1.64. The first kappa shape index (κ1) is 12.9. The van der Waals surface area contributed by atoms with Gasteiger partial charge in [0.1, 0.15) is 5.75 Å². The van der Waals surface area contributed by atoms with Crippen LogP contribution in [-0.2, 0) is 4.74 Å². The first-order valence-corrected chi connectivity index (χ1v) is 5.82. The van der Waals surface area contributed by atoms with Crippen LogP contribution in [-0.4, -0.2) is 29.5 Å². The van der Waals surface area contributed by atoms with Gasteiger partial charge in [-0.05, 0) is 31.2 Å². The SMILES string of the molecule is CCOC(=O)c1nn(-c2ccc(OC)cc2)cc1N. The van der Waals surface area contributed by atoms with Crippen molar-refractivity contribution in [1.82, 2.24) is 9.78 Å². The van der Waals surface area contributed by atoms with Crippen LogP contribution in [0, 0.1) is 0 Å². The number of hydrogen-bond acceptors (Lipinski definition) is 5. The molecule has 0 saturated carbocycles. The topological polar surface area (TPSA) is 79.4 Å². The van der Waals surface area contributed by atoms with Crippen LogP contribution in [0.3, 0.4) is 0 Å². The molecule has 100 valence electrons. The molecule has 6 heteroatoms. The van der Waals surface area contributed by atoms with Gasteiger partial charge in [0.25, 0.3) is 0 Å². The summed E-state index contributed by atoms with van der Waals surface area (Å²) < 4.78 is 11.5. The average molecular weight is 261 g/mol. The lowest BCUT2D eigenvalue weighted by Crippen LogP contribution is -2.08. The number of anilines is 1. The number of carbonyl (C=O) groups excluding carboxylic acids is 1. The van der Waals surface area contributed by atoms with Gasteiger partial charge >= 0.3 is 5.97 Å². The normalized spacial score (nSPS) is 10.2. The van der Waals surface area contributed by atoms with Gasteiger partial charge < -0.3 is 15.2 Å². The van der Waals surface area contributed by atoms with Gasteiger partial charge in [-0.15, -0.1) is 0 Å². The standard InChI is InChI=1S/C13H15N3O3/c1-3-19-13(17)12-11(14)8-16(15-12)9-4-6-10(18-2)7-5-9/h4-8H,3,14H2,1-2H3. The molecule has 6 nitrogen and oxygen atoms in total. The molecular weight excluding hydrogens is 246 g/mol. The number of hydrogen-bond donors (Lipinski definition) is 1. The van der Waals surface area contributed by atoms with Crippen molar-refractivity contribution >= 4 is 11.7 Å². The zero-order chi connectivity index (χ0) is 13.8. The Morgan fingerprint density at radius 2 is 2.05 bits per heavy atom. The van der Waals surface area contributed by atoms with E-state index >= 15 is 0 Å². The van der Waals surface area contributed by atoms with E-state index in [1.54, 1.807) is 32.4 Å². The summed E-state index contributed by atoms with van der Waals surface area (Å²) >= 11 is 0. The highest BCUT2D eigenvalue weighted by Crippen LogP contribution is 2.18. The number of nitrogens with zero attached hydrogens (tertiary/aromatic N) is 2. The van der Waals surface area contributed by atoms with Crippen molar-refractivity contribution in [2.45, 2.75) is 6.92 Å². The Morgan fingerprint density at radius 1 is 1.37 bits per heavy atom. The second-order valence-electron chi connectivity index (χ2n) is 3.80. The highest BCUT2D eigenvalue weighted by molar-refractivity contribution is 5.92. The van der Waals surface area contributed by atoms with E-state index < -0.39 is 5.97 Å². The van der Waals surface area contributed by atoms with E-state index in [2.05, 4.69) is 5.10 Å². The molecule has 0 aliphatic heterocycles. The summed E-state index contributed by atoms with van der Waals surface area (Å²) in [7, 11) is 1.60. The number of benzene rings is 1. The van der Waals surface area contributed by atoms with Crippen molar-refractivity contribution in [3.63, 3.8) is 0 Å². The fourth-order valence-electron chi connectivity index (χ4n) is 1.61. The van der Waals surface area contributed by atoms with Gasteiger partial charge in [-0.1, -0.05) is 0 Å². The smallest absolute Gasteiger partial charge is 0.361 e. The minimum atomic E-state index is -0.521. The van der Waals surface area contributed by atoms with E-state index in [1.165, 1.54) is 4.68 Å². The lowest BCUT2D eigenvalue weighted by atomic mass is 10.3. The van der Waals surface area contributed by atoms with Crippen LogP contribution < -0.4 is 10.5 Å². The van der Waals surface area contributed by atoms with E-state index in [0.29, 0.717) is 0 Å². The number of nitrogens with two attached hydrogens (primary N) is 1. The average Bonchev–Trinajstić information content (AvgIpc) is 2.81. The lowest BCUT2D eigenvalue weighted by molar-refractivity contribution is 0.0520. The number of aromatic nitrogens is 2. The van der Waals surface area contributed by atoms with Crippen LogP contribution in [0.2, 0.25) is 0 Å². The second-order valence-corrected chi connectivity index (χ2v) is 3.80. The van der Waals surface area contributed by atoms with Crippen LogP contribution in [0.5, 0.6) is 5.75 Å². The minimum Gasteiger partial charge on any atom is -0.497 e. The molecule has 0 spiro atoms. The van der Waals surface area contributed by atoms with Crippen LogP contribution in [0.4, 0.5) is 5.69 Å². The van der Waals surface area contributed by atoms with Crippen LogP contribution in [0.25, 0.3) is 5.69 Å². The number of ether oxygens (including phenoxy) is 2. The fraction of sp³-hybridized carbons (Fsp3) is 0.231. The fourth-order valence-corrected chi connectivity index (χ4v) is 1.61. The highest BCUT2D eigenvalue weighted by Gasteiger charge is 2.16. The highest BCUT2D eigenvalue weighted by atomic mass is 16.5. The molecule has 0 unspecified atom stereocenters. The molecule has 2 aromatic rings. The number of carbonyl (C=O) groups is 1. The molecule has 0 aliphatic rings. The van der Waals surface area contributed by atoms with Crippen molar-refractivity contribution < 1.29 is 14.3 Å². The number of rotatable bonds is 4. The maximum absolute atomic E-state index is 11.6. The molecule has 1 aromatic heterocycles. The molecule has 0 aliphatic carbocycles. The van der Waals surface area contributed by atoms with Crippen molar-refractivity contribution in [3.05, 3.63) is 36.2 Å². The van der Waals surface area contributed by atoms with Gasteiger partial charge in [0.05, 0.1) is 31.3 Å². The maximum atomic E-state index is 11.6. The Labute approximate surface area is 110 Å². The van der Waals surface area contributed by atoms with Crippen molar-refractivity contribution in [1.29, 1.82) is 0 Å². The molecule has 0 saturated heterocycles. The third-order valence-electron chi connectivity index (χ3n) is 2.55. The summed E-state index contributed by atoms with van der Waals surface area (Å²) in [6.45, 7) is 2.02. The molecule has 1 heterocycles. The minimum absolute atomic E-state index is 0.123. The van der Waals surface area contributed by atoms with Crippen LogP contribution in [0.15, 0.2) is 30.5 Å². The molecule has 2 N–H and O–H groups in total. The third kappa shape index (κ3) is 2.67. The summed E-state index contributed by atoms with van der Waals surface area (Å²) in [5.74, 6) is 0.224. The van der Waals surface area contributed by atoms with E-state index in [0.717, 1.165) is 11.4 Å². The lowest BCUT2D eigenvalue weighted by Gasteiger charge is -2.03. The van der Waals surface area contributed by atoms with Gasteiger partial charge in [-0.2, -0.15) is 5.10 Å². The molecular formula is C13H15N3O3. The molecule has 2 rings (SSSR count). The molecule has 0 amide bonds. The number of methoxy groups -OCH3 is 1. The Hall–Kier alpha value is -2.50. The molecule has 0 fully saturated rings. The first-order chi connectivity index (χ1) is 9.15. The van der Waals surface area contributed by atoms with E-state index in [1.807, 2.05) is 12.1 Å². The molecule has 1 aromatic carbocycles. The first-order valence-electron chi connectivity index (χ1n) is 5.82. The zero-order valence-electron chi connectivity index (χ0n) is 10.8.